The fraction of sp³-hybridized carbons (Fsp3) is 0.375. The minimum Gasteiger partial charge on any atom is -0.0813 e. The van der Waals surface area contributed by atoms with Gasteiger partial charge in [0.2, 0.25) is 0 Å². The second-order valence-electron chi connectivity index (χ2n) is 4.44. The zero-order valence-corrected chi connectivity index (χ0v) is 10.5. The summed E-state index contributed by atoms with van der Waals surface area (Å²) in [6.07, 6.45) is 7.00. The summed E-state index contributed by atoms with van der Waals surface area (Å²) in [5, 5.41) is 0. The Kier molecular flexibility index (Phi) is 3.28. The molecule has 0 fully saturated rings. The molecule has 0 spiro atoms. The van der Waals surface area contributed by atoms with Crippen molar-refractivity contribution in [2.45, 2.75) is 39.5 Å². The topological polar surface area (TPSA) is 0 Å². The van der Waals surface area contributed by atoms with Gasteiger partial charge < -0.3 is 0 Å². The van der Waals surface area contributed by atoms with Crippen LogP contribution >= 0.6 is 0 Å². The Labute approximate surface area is 98.7 Å². The van der Waals surface area contributed by atoms with Crippen LogP contribution in [0.5, 0.6) is 0 Å². The molecule has 0 nitrogen and oxygen atoms in total. The summed E-state index contributed by atoms with van der Waals surface area (Å²) in [6.45, 7) is 6.78. The van der Waals surface area contributed by atoms with Crippen LogP contribution in [0.1, 0.15) is 50.7 Å². The largest absolute Gasteiger partial charge is 0.0813 e. The number of benzene rings is 1. The lowest BCUT2D eigenvalue weighted by Gasteiger charge is -2.13. The van der Waals surface area contributed by atoms with Gasteiger partial charge in [-0.1, -0.05) is 57.2 Å². The van der Waals surface area contributed by atoms with Gasteiger partial charge in [-0.3, -0.25) is 0 Å². The quantitative estimate of drug-likeness (QED) is 0.666. The Morgan fingerprint density at radius 1 is 1.25 bits per heavy atom. The van der Waals surface area contributed by atoms with Gasteiger partial charge in [-0.2, -0.15) is 0 Å². The van der Waals surface area contributed by atoms with Gasteiger partial charge in [-0.15, -0.1) is 0 Å². The van der Waals surface area contributed by atoms with Crippen LogP contribution in [-0.4, -0.2) is 0 Å². The van der Waals surface area contributed by atoms with Crippen LogP contribution in [0.15, 0.2) is 41.5 Å². The molecule has 0 radical (unpaired) electrons. The second kappa shape index (κ2) is 4.69. The number of hydrogen-bond acceptors (Lipinski definition) is 0. The normalized spacial score (nSPS) is 19.6. The summed E-state index contributed by atoms with van der Waals surface area (Å²) in [5.74, 6) is 0.564. The molecular formula is C16H20. The van der Waals surface area contributed by atoms with E-state index in [0.29, 0.717) is 5.92 Å². The highest BCUT2D eigenvalue weighted by molar-refractivity contribution is 5.70. The van der Waals surface area contributed by atoms with Gasteiger partial charge in [0.25, 0.3) is 0 Å². The summed E-state index contributed by atoms with van der Waals surface area (Å²) in [6, 6.07) is 8.74. The first-order valence-corrected chi connectivity index (χ1v) is 6.27. The molecule has 0 aliphatic heterocycles. The first-order valence-electron chi connectivity index (χ1n) is 6.27. The lowest BCUT2D eigenvalue weighted by Crippen LogP contribution is -1.96. The Morgan fingerprint density at radius 2 is 2.00 bits per heavy atom. The molecule has 0 amide bonds. The van der Waals surface area contributed by atoms with Gasteiger partial charge in [0, 0.05) is 5.92 Å². The lowest BCUT2D eigenvalue weighted by molar-refractivity contribution is 0.899. The van der Waals surface area contributed by atoms with Crippen molar-refractivity contribution in [3.63, 3.8) is 0 Å². The van der Waals surface area contributed by atoms with Crippen LogP contribution in [0, 0.1) is 0 Å². The van der Waals surface area contributed by atoms with E-state index < -0.39 is 0 Å². The van der Waals surface area contributed by atoms with Crippen molar-refractivity contribution in [1.82, 2.24) is 0 Å². The van der Waals surface area contributed by atoms with Crippen LogP contribution in [0.3, 0.4) is 0 Å². The highest BCUT2D eigenvalue weighted by Crippen LogP contribution is 2.40. The van der Waals surface area contributed by atoms with Crippen LogP contribution in [0.2, 0.25) is 0 Å². The molecule has 0 saturated heterocycles. The molecule has 0 saturated carbocycles. The van der Waals surface area contributed by atoms with Crippen LogP contribution in [-0.2, 0) is 0 Å². The number of hydrogen-bond donors (Lipinski definition) is 0. The highest BCUT2D eigenvalue weighted by atomic mass is 14.3. The predicted octanol–water partition coefficient (Wildman–Crippen LogP) is 4.93. The van der Waals surface area contributed by atoms with Crippen molar-refractivity contribution >= 4 is 6.08 Å². The Hall–Kier alpha value is -1.30. The molecule has 1 aromatic carbocycles. The molecule has 2 rings (SSSR count). The zero-order valence-electron chi connectivity index (χ0n) is 10.5. The molecule has 1 aliphatic rings. The average molecular weight is 212 g/mol. The second-order valence-corrected chi connectivity index (χ2v) is 4.44. The molecule has 1 atom stereocenters. The van der Waals surface area contributed by atoms with Crippen molar-refractivity contribution in [3.8, 4) is 0 Å². The van der Waals surface area contributed by atoms with E-state index in [2.05, 4.69) is 57.2 Å². The highest BCUT2D eigenvalue weighted by Gasteiger charge is 2.21. The monoisotopic (exact) mass is 212 g/mol. The maximum atomic E-state index is 2.37. The summed E-state index contributed by atoms with van der Waals surface area (Å²) < 4.78 is 0. The first kappa shape index (κ1) is 11.2. The van der Waals surface area contributed by atoms with E-state index in [1.165, 1.54) is 22.3 Å². The molecule has 0 N–H and O–H groups in total. The molecule has 0 heterocycles. The van der Waals surface area contributed by atoms with Crippen molar-refractivity contribution in [1.29, 1.82) is 0 Å². The van der Waals surface area contributed by atoms with Crippen LogP contribution in [0.4, 0.5) is 0 Å². The van der Waals surface area contributed by atoms with Gasteiger partial charge in [-0.25, -0.2) is 0 Å². The van der Waals surface area contributed by atoms with Gasteiger partial charge in [0.15, 0.2) is 0 Å². The Morgan fingerprint density at radius 3 is 2.62 bits per heavy atom. The van der Waals surface area contributed by atoms with E-state index in [9.17, 15) is 0 Å². The molecule has 1 aromatic rings. The average Bonchev–Trinajstić information content (AvgIpc) is 2.64. The van der Waals surface area contributed by atoms with E-state index in [4.69, 9.17) is 0 Å². The van der Waals surface area contributed by atoms with Crippen molar-refractivity contribution < 1.29 is 0 Å². The number of fused-ring (bicyclic) bond motifs is 1. The summed E-state index contributed by atoms with van der Waals surface area (Å²) in [7, 11) is 0. The minimum absolute atomic E-state index is 0.564. The third kappa shape index (κ3) is 1.84. The smallest absolute Gasteiger partial charge is 0.00697 e. The third-order valence-corrected chi connectivity index (χ3v) is 3.44. The molecule has 1 unspecified atom stereocenters. The Bertz CT molecular complexity index is 435. The standard InChI is InChI=1S/C16H20/c1-4-8-13(5-2)16-11-14-9-6-7-10-15(14)12(16)3/h6-12H,4-5H2,1-3H3. The number of rotatable bonds is 3. The maximum absolute atomic E-state index is 2.37. The fourth-order valence-electron chi connectivity index (χ4n) is 2.58. The maximum Gasteiger partial charge on any atom is 0.00697 e. The SMILES string of the molecule is CCC=C(CC)C1=Cc2ccccc2C1C. The van der Waals surface area contributed by atoms with E-state index >= 15 is 0 Å². The van der Waals surface area contributed by atoms with Gasteiger partial charge >= 0.3 is 0 Å². The van der Waals surface area contributed by atoms with Gasteiger partial charge in [0.05, 0.1) is 0 Å². The molecule has 84 valence electrons. The molecule has 0 bridgehead atoms. The van der Waals surface area contributed by atoms with Crippen LogP contribution in [0.25, 0.3) is 6.08 Å². The molecule has 0 heteroatoms. The van der Waals surface area contributed by atoms with E-state index in [0.717, 1.165) is 12.8 Å². The minimum atomic E-state index is 0.564. The third-order valence-electron chi connectivity index (χ3n) is 3.44. The van der Waals surface area contributed by atoms with Gasteiger partial charge in [0.1, 0.15) is 0 Å². The molecule has 16 heavy (non-hydrogen) atoms. The van der Waals surface area contributed by atoms with Crippen molar-refractivity contribution in [3.05, 3.63) is 52.6 Å². The summed E-state index contributed by atoms with van der Waals surface area (Å²) >= 11 is 0. The van der Waals surface area contributed by atoms with E-state index in [1.807, 2.05) is 0 Å². The Balaban J connectivity index is 2.38. The van der Waals surface area contributed by atoms with E-state index in [1.54, 1.807) is 0 Å². The molecular weight excluding hydrogens is 192 g/mol. The van der Waals surface area contributed by atoms with Crippen LogP contribution < -0.4 is 0 Å². The predicted molar refractivity (Wildman–Crippen MR) is 71.5 cm³/mol. The van der Waals surface area contributed by atoms with Crippen molar-refractivity contribution in [2.24, 2.45) is 0 Å². The van der Waals surface area contributed by atoms with Crippen molar-refractivity contribution in [2.75, 3.05) is 0 Å². The van der Waals surface area contributed by atoms with Gasteiger partial charge in [-0.05, 0) is 35.1 Å². The first-order chi connectivity index (χ1) is 7.77. The fourth-order valence-corrected chi connectivity index (χ4v) is 2.58. The molecule has 1 aliphatic carbocycles. The van der Waals surface area contributed by atoms with E-state index in [-0.39, 0.29) is 0 Å². The zero-order chi connectivity index (χ0) is 11.5. The lowest BCUT2D eigenvalue weighted by atomic mass is 9.91. The summed E-state index contributed by atoms with van der Waals surface area (Å²) in [4.78, 5) is 0. The number of allylic oxidation sites excluding steroid dienone is 3. The summed E-state index contributed by atoms with van der Waals surface area (Å²) in [5.41, 5.74) is 5.92. The molecule has 0 aromatic heterocycles.